The standard InChI is InChI=1S/C14H18O2/c15-13(10-5-6-10)9-11-7-8-16-14-4-2-1-3-12(11)14/h1-4,10-11,13,15H,5-9H2. The number of aliphatic hydroxyl groups excluding tert-OH is 1. The third-order valence-electron chi connectivity index (χ3n) is 3.77. The number of ether oxygens (including phenoxy) is 1. The van der Waals surface area contributed by atoms with Gasteiger partial charge in [-0.1, -0.05) is 18.2 Å². The Bertz CT molecular complexity index is 371. The maximum absolute atomic E-state index is 10.0. The second-order valence-corrected chi connectivity index (χ2v) is 5.01. The van der Waals surface area contributed by atoms with Crippen molar-refractivity contribution in [1.82, 2.24) is 0 Å². The van der Waals surface area contributed by atoms with Crippen molar-refractivity contribution in [3.63, 3.8) is 0 Å². The predicted molar refractivity (Wildman–Crippen MR) is 62.6 cm³/mol. The fourth-order valence-electron chi connectivity index (χ4n) is 2.63. The van der Waals surface area contributed by atoms with Crippen LogP contribution in [0.25, 0.3) is 0 Å². The van der Waals surface area contributed by atoms with E-state index in [2.05, 4.69) is 12.1 Å². The first-order chi connectivity index (χ1) is 7.84. The molecule has 2 atom stereocenters. The smallest absolute Gasteiger partial charge is 0.122 e. The summed E-state index contributed by atoms with van der Waals surface area (Å²) in [7, 11) is 0. The van der Waals surface area contributed by atoms with Crippen LogP contribution in [0.5, 0.6) is 5.75 Å². The van der Waals surface area contributed by atoms with E-state index in [9.17, 15) is 5.11 Å². The minimum absolute atomic E-state index is 0.101. The van der Waals surface area contributed by atoms with Crippen molar-refractivity contribution < 1.29 is 9.84 Å². The Morgan fingerprint density at radius 3 is 2.88 bits per heavy atom. The van der Waals surface area contributed by atoms with Crippen molar-refractivity contribution in [2.45, 2.75) is 37.7 Å². The summed E-state index contributed by atoms with van der Waals surface area (Å²) in [5.41, 5.74) is 1.29. The zero-order valence-electron chi connectivity index (χ0n) is 9.43. The SMILES string of the molecule is OC(CC1CCOc2ccccc21)C1CC1. The quantitative estimate of drug-likeness (QED) is 0.845. The lowest BCUT2D eigenvalue weighted by molar-refractivity contribution is 0.123. The Hall–Kier alpha value is -1.02. The van der Waals surface area contributed by atoms with Gasteiger partial charge in [-0.3, -0.25) is 0 Å². The van der Waals surface area contributed by atoms with Crippen molar-refractivity contribution in [2.24, 2.45) is 5.92 Å². The molecule has 2 nitrogen and oxygen atoms in total. The average molecular weight is 218 g/mol. The van der Waals surface area contributed by atoms with Crippen LogP contribution in [0.2, 0.25) is 0 Å². The Morgan fingerprint density at radius 1 is 1.25 bits per heavy atom. The van der Waals surface area contributed by atoms with Crippen LogP contribution in [0.4, 0.5) is 0 Å². The molecule has 0 aromatic heterocycles. The fraction of sp³-hybridized carbons (Fsp3) is 0.571. The van der Waals surface area contributed by atoms with Crippen LogP contribution in [0, 0.1) is 5.92 Å². The Labute approximate surface area is 96.2 Å². The second kappa shape index (κ2) is 4.10. The summed E-state index contributed by atoms with van der Waals surface area (Å²) in [5.74, 6) is 2.08. The molecule has 1 aromatic rings. The van der Waals surface area contributed by atoms with Gasteiger partial charge in [0.15, 0.2) is 0 Å². The van der Waals surface area contributed by atoms with E-state index < -0.39 is 0 Å². The molecule has 0 amide bonds. The molecule has 1 aromatic carbocycles. The Balaban J connectivity index is 1.76. The molecule has 0 saturated heterocycles. The lowest BCUT2D eigenvalue weighted by Gasteiger charge is -2.27. The molecular formula is C14H18O2. The van der Waals surface area contributed by atoms with E-state index >= 15 is 0 Å². The molecule has 1 aliphatic carbocycles. The molecule has 86 valence electrons. The van der Waals surface area contributed by atoms with Crippen LogP contribution in [0.1, 0.15) is 37.2 Å². The van der Waals surface area contributed by atoms with Crippen LogP contribution < -0.4 is 4.74 Å². The zero-order chi connectivity index (χ0) is 11.0. The predicted octanol–water partition coefficient (Wildman–Crippen LogP) is 2.71. The third-order valence-corrected chi connectivity index (χ3v) is 3.77. The first-order valence-corrected chi connectivity index (χ1v) is 6.24. The molecule has 0 bridgehead atoms. The van der Waals surface area contributed by atoms with Crippen LogP contribution in [-0.4, -0.2) is 17.8 Å². The molecule has 2 aliphatic rings. The lowest BCUT2D eigenvalue weighted by Crippen LogP contribution is -2.20. The summed E-state index contributed by atoms with van der Waals surface area (Å²) in [6.07, 6.45) is 4.28. The monoisotopic (exact) mass is 218 g/mol. The highest BCUT2D eigenvalue weighted by Crippen LogP contribution is 2.41. The summed E-state index contributed by atoms with van der Waals surface area (Å²) in [4.78, 5) is 0. The van der Waals surface area contributed by atoms with E-state index in [-0.39, 0.29) is 6.10 Å². The van der Waals surface area contributed by atoms with Crippen molar-refractivity contribution in [1.29, 1.82) is 0 Å². The molecule has 2 heteroatoms. The summed E-state index contributed by atoms with van der Waals surface area (Å²) >= 11 is 0. The van der Waals surface area contributed by atoms with Gasteiger partial charge in [0.1, 0.15) is 5.75 Å². The number of rotatable bonds is 3. The lowest BCUT2D eigenvalue weighted by atomic mass is 9.87. The molecule has 2 unspecified atom stereocenters. The van der Waals surface area contributed by atoms with Crippen molar-refractivity contribution >= 4 is 0 Å². The first-order valence-electron chi connectivity index (χ1n) is 6.24. The van der Waals surface area contributed by atoms with Gasteiger partial charge in [0.05, 0.1) is 12.7 Å². The maximum Gasteiger partial charge on any atom is 0.122 e. The van der Waals surface area contributed by atoms with Gasteiger partial charge in [-0.25, -0.2) is 0 Å². The summed E-state index contributed by atoms with van der Waals surface area (Å²) in [6, 6.07) is 8.24. The van der Waals surface area contributed by atoms with Crippen LogP contribution in [0.15, 0.2) is 24.3 Å². The van der Waals surface area contributed by atoms with E-state index in [0.29, 0.717) is 11.8 Å². The Morgan fingerprint density at radius 2 is 2.06 bits per heavy atom. The molecule has 1 heterocycles. The topological polar surface area (TPSA) is 29.5 Å². The van der Waals surface area contributed by atoms with Gasteiger partial charge in [-0.2, -0.15) is 0 Å². The minimum Gasteiger partial charge on any atom is -0.493 e. The van der Waals surface area contributed by atoms with Crippen LogP contribution >= 0.6 is 0 Å². The van der Waals surface area contributed by atoms with E-state index in [1.807, 2.05) is 12.1 Å². The highest BCUT2D eigenvalue weighted by atomic mass is 16.5. The minimum atomic E-state index is -0.101. The fourth-order valence-corrected chi connectivity index (χ4v) is 2.63. The van der Waals surface area contributed by atoms with E-state index in [1.165, 1.54) is 18.4 Å². The molecule has 1 aliphatic heterocycles. The third kappa shape index (κ3) is 1.94. The molecule has 1 saturated carbocycles. The largest absolute Gasteiger partial charge is 0.493 e. The number of aliphatic hydroxyl groups is 1. The number of benzene rings is 1. The average Bonchev–Trinajstić information content (AvgIpc) is 3.13. The van der Waals surface area contributed by atoms with Crippen molar-refractivity contribution in [3.8, 4) is 5.75 Å². The van der Waals surface area contributed by atoms with Gasteiger partial charge in [0.2, 0.25) is 0 Å². The summed E-state index contributed by atoms with van der Waals surface area (Å²) < 4.78 is 5.63. The van der Waals surface area contributed by atoms with Gasteiger partial charge in [0, 0.05) is 0 Å². The van der Waals surface area contributed by atoms with Crippen LogP contribution in [-0.2, 0) is 0 Å². The molecule has 0 radical (unpaired) electrons. The van der Waals surface area contributed by atoms with Crippen molar-refractivity contribution in [3.05, 3.63) is 29.8 Å². The summed E-state index contributed by atoms with van der Waals surface area (Å²) in [5, 5.41) is 10.0. The van der Waals surface area contributed by atoms with E-state index in [1.54, 1.807) is 0 Å². The number of para-hydroxylation sites is 1. The first kappa shape index (κ1) is 10.2. The van der Waals surface area contributed by atoms with Gasteiger partial charge < -0.3 is 9.84 Å². The summed E-state index contributed by atoms with van der Waals surface area (Å²) in [6.45, 7) is 0.791. The second-order valence-electron chi connectivity index (χ2n) is 5.01. The molecule has 16 heavy (non-hydrogen) atoms. The normalized spacial score (nSPS) is 25.7. The highest BCUT2D eigenvalue weighted by molar-refractivity contribution is 5.37. The van der Waals surface area contributed by atoms with E-state index in [0.717, 1.165) is 25.2 Å². The highest BCUT2D eigenvalue weighted by Gasteiger charge is 2.33. The molecule has 1 N–H and O–H groups in total. The zero-order valence-corrected chi connectivity index (χ0v) is 9.43. The molecule has 1 fully saturated rings. The molecule has 3 rings (SSSR count). The van der Waals surface area contributed by atoms with E-state index in [4.69, 9.17) is 4.74 Å². The number of fused-ring (bicyclic) bond motifs is 1. The number of hydrogen-bond donors (Lipinski definition) is 1. The Kier molecular flexibility index (Phi) is 2.60. The maximum atomic E-state index is 10.0. The molecule has 0 spiro atoms. The van der Waals surface area contributed by atoms with Crippen LogP contribution in [0.3, 0.4) is 0 Å². The molecular weight excluding hydrogens is 200 g/mol. The van der Waals surface area contributed by atoms with Gasteiger partial charge in [-0.15, -0.1) is 0 Å². The van der Waals surface area contributed by atoms with Gasteiger partial charge >= 0.3 is 0 Å². The number of hydrogen-bond acceptors (Lipinski definition) is 2. The van der Waals surface area contributed by atoms with Crippen molar-refractivity contribution in [2.75, 3.05) is 6.61 Å². The van der Waals surface area contributed by atoms with Gasteiger partial charge in [0.25, 0.3) is 0 Å². The van der Waals surface area contributed by atoms with Gasteiger partial charge in [-0.05, 0) is 49.1 Å².